The van der Waals surface area contributed by atoms with Crippen molar-refractivity contribution in [2.24, 2.45) is 0 Å². The number of halogens is 1. The van der Waals surface area contributed by atoms with E-state index in [2.05, 4.69) is 46.8 Å². The summed E-state index contributed by atoms with van der Waals surface area (Å²) in [6, 6.07) is 15.7. The lowest BCUT2D eigenvalue weighted by Crippen LogP contribution is -2.27. The van der Waals surface area contributed by atoms with Crippen molar-refractivity contribution in [3.05, 3.63) is 64.7 Å². The molecule has 0 atom stereocenters. The van der Waals surface area contributed by atoms with Crippen LogP contribution in [-0.4, -0.2) is 38.4 Å². The summed E-state index contributed by atoms with van der Waals surface area (Å²) in [5.41, 5.74) is 3.22. The molecular weight excluding hydrogens is 394 g/mol. The summed E-state index contributed by atoms with van der Waals surface area (Å²) in [7, 11) is 0. The van der Waals surface area contributed by atoms with Crippen molar-refractivity contribution in [3.8, 4) is 5.69 Å². The molecule has 8 heteroatoms. The SMILES string of the molecule is CC(C)c1ccc(-n2nnnc2SCC(=O)NCCc2cccc(Cl)c2)cc1. The standard InChI is InChI=1S/C20H22ClN5OS/c1-14(2)16-6-8-18(9-7-16)26-20(23-24-25-26)28-13-19(27)22-11-10-15-4-3-5-17(21)12-15/h3-9,12,14H,10-11,13H2,1-2H3,(H,22,27). The van der Waals surface area contributed by atoms with E-state index in [9.17, 15) is 4.79 Å². The second-order valence-corrected chi connectivity index (χ2v) is 8.02. The first-order chi connectivity index (χ1) is 13.5. The van der Waals surface area contributed by atoms with Crippen molar-refractivity contribution in [1.82, 2.24) is 25.5 Å². The van der Waals surface area contributed by atoms with Gasteiger partial charge in [-0.3, -0.25) is 4.79 Å². The highest BCUT2D eigenvalue weighted by Gasteiger charge is 2.12. The lowest BCUT2D eigenvalue weighted by molar-refractivity contribution is -0.118. The maximum Gasteiger partial charge on any atom is 0.230 e. The first kappa shape index (κ1) is 20.4. The van der Waals surface area contributed by atoms with Crippen LogP contribution in [-0.2, 0) is 11.2 Å². The summed E-state index contributed by atoms with van der Waals surface area (Å²) >= 11 is 7.28. The zero-order chi connectivity index (χ0) is 19.9. The highest BCUT2D eigenvalue weighted by molar-refractivity contribution is 7.99. The number of rotatable bonds is 8. The molecule has 0 bridgehead atoms. The van der Waals surface area contributed by atoms with E-state index < -0.39 is 0 Å². The minimum Gasteiger partial charge on any atom is -0.355 e. The number of hydrogen-bond acceptors (Lipinski definition) is 5. The highest BCUT2D eigenvalue weighted by atomic mass is 35.5. The Kier molecular flexibility index (Phi) is 7.06. The Morgan fingerprint density at radius 1 is 1.21 bits per heavy atom. The van der Waals surface area contributed by atoms with Crippen LogP contribution in [0.4, 0.5) is 0 Å². The van der Waals surface area contributed by atoms with E-state index in [1.165, 1.54) is 17.3 Å². The molecule has 0 fully saturated rings. The molecule has 3 rings (SSSR count). The summed E-state index contributed by atoms with van der Waals surface area (Å²) < 4.78 is 1.65. The Balaban J connectivity index is 1.51. The Hall–Kier alpha value is -2.38. The van der Waals surface area contributed by atoms with Crippen LogP contribution in [0.15, 0.2) is 53.7 Å². The smallest absolute Gasteiger partial charge is 0.230 e. The Morgan fingerprint density at radius 2 is 2.00 bits per heavy atom. The number of amides is 1. The third-order valence-electron chi connectivity index (χ3n) is 4.20. The number of aromatic nitrogens is 4. The largest absolute Gasteiger partial charge is 0.355 e. The van der Waals surface area contributed by atoms with Gasteiger partial charge in [0.1, 0.15) is 0 Å². The van der Waals surface area contributed by atoms with Gasteiger partial charge < -0.3 is 5.32 Å². The summed E-state index contributed by atoms with van der Waals surface area (Å²) in [5.74, 6) is 0.657. The molecule has 0 aliphatic carbocycles. The van der Waals surface area contributed by atoms with Gasteiger partial charge in [0.2, 0.25) is 11.1 Å². The van der Waals surface area contributed by atoms with E-state index in [0.29, 0.717) is 22.6 Å². The zero-order valence-corrected chi connectivity index (χ0v) is 17.4. The molecule has 6 nitrogen and oxygen atoms in total. The maximum atomic E-state index is 12.1. The van der Waals surface area contributed by atoms with E-state index >= 15 is 0 Å². The fraction of sp³-hybridized carbons (Fsp3) is 0.300. The van der Waals surface area contributed by atoms with Crippen LogP contribution in [0.1, 0.15) is 30.9 Å². The van der Waals surface area contributed by atoms with Gasteiger partial charge in [-0.2, -0.15) is 4.68 Å². The summed E-state index contributed by atoms with van der Waals surface area (Å²) in [6.45, 7) is 4.86. The lowest BCUT2D eigenvalue weighted by Gasteiger charge is -2.08. The second kappa shape index (κ2) is 9.71. The Labute approximate surface area is 173 Å². The predicted octanol–water partition coefficient (Wildman–Crippen LogP) is 3.89. The number of carbonyl (C=O) groups excluding carboxylic acids is 1. The molecule has 0 radical (unpaired) electrons. The van der Waals surface area contributed by atoms with Gasteiger partial charge >= 0.3 is 0 Å². The van der Waals surface area contributed by atoms with Gasteiger partial charge in [0.05, 0.1) is 11.4 Å². The van der Waals surface area contributed by atoms with Gasteiger partial charge in [-0.25, -0.2) is 0 Å². The van der Waals surface area contributed by atoms with Gasteiger partial charge in [-0.1, -0.05) is 61.5 Å². The zero-order valence-electron chi connectivity index (χ0n) is 15.8. The van der Waals surface area contributed by atoms with Crippen molar-refractivity contribution in [1.29, 1.82) is 0 Å². The van der Waals surface area contributed by atoms with E-state index in [0.717, 1.165) is 17.7 Å². The van der Waals surface area contributed by atoms with E-state index in [4.69, 9.17) is 11.6 Å². The summed E-state index contributed by atoms with van der Waals surface area (Å²) in [4.78, 5) is 12.1. The van der Waals surface area contributed by atoms with Crippen molar-refractivity contribution in [2.45, 2.75) is 31.3 Å². The topological polar surface area (TPSA) is 72.7 Å². The number of nitrogens with one attached hydrogen (secondary N) is 1. The quantitative estimate of drug-likeness (QED) is 0.565. The van der Waals surface area contributed by atoms with Gasteiger partial charge in [-0.15, -0.1) is 5.10 Å². The summed E-state index contributed by atoms with van der Waals surface area (Å²) in [5, 5.41) is 16.0. The van der Waals surface area contributed by atoms with Crippen LogP contribution in [0.5, 0.6) is 0 Å². The van der Waals surface area contributed by atoms with Gasteiger partial charge in [-0.05, 0) is 58.2 Å². The van der Waals surface area contributed by atoms with Crippen molar-refractivity contribution >= 4 is 29.3 Å². The third kappa shape index (κ3) is 5.56. The lowest BCUT2D eigenvalue weighted by atomic mass is 10.0. The molecule has 0 unspecified atom stereocenters. The molecule has 0 aliphatic heterocycles. The minimum absolute atomic E-state index is 0.0586. The third-order valence-corrected chi connectivity index (χ3v) is 5.36. The van der Waals surface area contributed by atoms with Gasteiger partial charge in [0.15, 0.2) is 0 Å². The number of benzene rings is 2. The second-order valence-electron chi connectivity index (χ2n) is 6.64. The predicted molar refractivity (Wildman–Crippen MR) is 112 cm³/mol. The number of tetrazole rings is 1. The fourth-order valence-electron chi connectivity index (χ4n) is 2.65. The normalized spacial score (nSPS) is 11.0. The van der Waals surface area contributed by atoms with Crippen LogP contribution in [0.2, 0.25) is 5.02 Å². The number of carbonyl (C=O) groups is 1. The number of thioether (sulfide) groups is 1. The molecule has 146 valence electrons. The van der Waals surface area contributed by atoms with Crippen LogP contribution >= 0.6 is 23.4 Å². The molecule has 0 saturated carbocycles. The van der Waals surface area contributed by atoms with Crippen LogP contribution in [0, 0.1) is 0 Å². The monoisotopic (exact) mass is 415 g/mol. The first-order valence-corrected chi connectivity index (χ1v) is 10.4. The molecule has 1 aromatic heterocycles. The summed E-state index contributed by atoms with van der Waals surface area (Å²) in [6.07, 6.45) is 0.733. The van der Waals surface area contributed by atoms with Crippen LogP contribution < -0.4 is 5.32 Å². The molecule has 0 aliphatic rings. The van der Waals surface area contributed by atoms with Crippen molar-refractivity contribution in [2.75, 3.05) is 12.3 Å². The van der Waals surface area contributed by atoms with Crippen molar-refractivity contribution < 1.29 is 4.79 Å². The molecular formula is C20H22ClN5OS. The van der Waals surface area contributed by atoms with E-state index in [1.807, 2.05) is 36.4 Å². The van der Waals surface area contributed by atoms with E-state index in [1.54, 1.807) is 4.68 Å². The van der Waals surface area contributed by atoms with Crippen LogP contribution in [0.3, 0.4) is 0 Å². The average Bonchev–Trinajstić information content (AvgIpc) is 3.15. The molecule has 1 heterocycles. The molecule has 0 spiro atoms. The first-order valence-electron chi connectivity index (χ1n) is 9.05. The molecule has 28 heavy (non-hydrogen) atoms. The molecule has 2 aromatic carbocycles. The van der Waals surface area contributed by atoms with Gasteiger partial charge in [0, 0.05) is 11.6 Å². The Morgan fingerprint density at radius 3 is 2.71 bits per heavy atom. The van der Waals surface area contributed by atoms with Gasteiger partial charge in [0.25, 0.3) is 0 Å². The fourth-order valence-corrected chi connectivity index (χ4v) is 3.58. The average molecular weight is 416 g/mol. The molecule has 3 aromatic rings. The minimum atomic E-state index is -0.0586. The maximum absolute atomic E-state index is 12.1. The molecule has 1 amide bonds. The number of nitrogens with zero attached hydrogens (tertiary/aromatic N) is 4. The molecule has 1 N–H and O–H groups in total. The number of hydrogen-bond donors (Lipinski definition) is 1. The molecule has 0 saturated heterocycles. The van der Waals surface area contributed by atoms with E-state index in [-0.39, 0.29) is 11.7 Å². The van der Waals surface area contributed by atoms with Crippen molar-refractivity contribution in [3.63, 3.8) is 0 Å². The Bertz CT molecular complexity index is 926. The highest BCUT2D eigenvalue weighted by Crippen LogP contribution is 2.20. The van der Waals surface area contributed by atoms with Crippen LogP contribution in [0.25, 0.3) is 5.69 Å².